The third kappa shape index (κ3) is 3.87. The van der Waals surface area contributed by atoms with Crippen LogP contribution in [0.25, 0.3) is 0 Å². The topological polar surface area (TPSA) is 84.2 Å². The zero-order valence-electron chi connectivity index (χ0n) is 12.0. The normalized spacial score (nSPS) is 10.4. The lowest BCUT2D eigenvalue weighted by molar-refractivity contribution is 0.0920. The van der Waals surface area contributed by atoms with Gasteiger partial charge in [-0.1, -0.05) is 5.16 Å². The fraction of sp³-hybridized carbons (Fsp3) is 0.214. The summed E-state index contributed by atoms with van der Waals surface area (Å²) in [4.78, 5) is 23.3. The lowest BCUT2D eigenvalue weighted by Gasteiger charge is -2.07. The minimum Gasteiger partial charge on any atom is -0.361 e. The number of amides is 2. The Labute approximate surface area is 128 Å². The Balaban J connectivity index is 1.83. The average Bonchev–Trinajstić information content (AvgIpc) is 2.95. The third-order valence-electron chi connectivity index (χ3n) is 2.84. The second-order valence-electron chi connectivity index (χ2n) is 4.56. The van der Waals surface area contributed by atoms with Crippen LogP contribution in [0.4, 0.5) is 13.2 Å². The van der Waals surface area contributed by atoms with E-state index in [1.54, 1.807) is 6.92 Å². The van der Waals surface area contributed by atoms with Gasteiger partial charge in [0.1, 0.15) is 5.76 Å². The lowest BCUT2D eigenvalue weighted by Crippen LogP contribution is -2.35. The van der Waals surface area contributed by atoms with Crippen LogP contribution in [-0.4, -0.2) is 30.1 Å². The fourth-order valence-electron chi connectivity index (χ4n) is 1.71. The van der Waals surface area contributed by atoms with Crippen molar-refractivity contribution >= 4 is 11.8 Å². The number of nitrogens with zero attached hydrogens (tertiary/aromatic N) is 1. The van der Waals surface area contributed by atoms with E-state index < -0.39 is 34.8 Å². The van der Waals surface area contributed by atoms with Gasteiger partial charge in [0.25, 0.3) is 11.8 Å². The fourth-order valence-corrected chi connectivity index (χ4v) is 1.71. The predicted octanol–water partition coefficient (Wildman–Crippen LogP) is 1.56. The highest BCUT2D eigenvalue weighted by molar-refractivity contribution is 5.94. The molecule has 0 aliphatic heterocycles. The van der Waals surface area contributed by atoms with Crippen molar-refractivity contribution in [2.24, 2.45) is 0 Å². The summed E-state index contributed by atoms with van der Waals surface area (Å²) in [5, 5.41) is 8.23. The molecule has 0 aliphatic carbocycles. The molecular formula is C14H12F3N3O3. The van der Waals surface area contributed by atoms with Crippen molar-refractivity contribution < 1.29 is 27.3 Å². The summed E-state index contributed by atoms with van der Waals surface area (Å²) in [6.45, 7) is 1.61. The molecule has 2 amide bonds. The van der Waals surface area contributed by atoms with E-state index in [4.69, 9.17) is 4.52 Å². The van der Waals surface area contributed by atoms with Crippen molar-refractivity contribution in [3.8, 4) is 0 Å². The van der Waals surface area contributed by atoms with E-state index in [2.05, 4.69) is 15.8 Å². The number of carbonyl (C=O) groups excluding carboxylic acids is 2. The van der Waals surface area contributed by atoms with Gasteiger partial charge in [0, 0.05) is 19.2 Å². The maximum Gasteiger partial charge on any atom is 0.273 e. The quantitative estimate of drug-likeness (QED) is 0.645. The van der Waals surface area contributed by atoms with E-state index in [-0.39, 0.29) is 18.8 Å². The van der Waals surface area contributed by atoms with Gasteiger partial charge >= 0.3 is 0 Å². The molecule has 122 valence electrons. The van der Waals surface area contributed by atoms with Crippen LogP contribution in [0.2, 0.25) is 0 Å². The molecule has 2 aromatic rings. The maximum atomic E-state index is 13.4. The zero-order valence-corrected chi connectivity index (χ0v) is 12.0. The molecule has 0 aliphatic rings. The van der Waals surface area contributed by atoms with Gasteiger partial charge in [0.05, 0.1) is 5.56 Å². The van der Waals surface area contributed by atoms with Gasteiger partial charge in [-0.3, -0.25) is 9.59 Å². The second kappa shape index (κ2) is 6.95. The molecular weight excluding hydrogens is 315 g/mol. The molecule has 2 rings (SSSR count). The SMILES string of the molecule is Cc1cc(C(=O)NCCNC(=O)c2ccc(F)c(F)c2F)no1. The van der Waals surface area contributed by atoms with Gasteiger partial charge in [-0.2, -0.15) is 0 Å². The molecule has 1 aromatic carbocycles. The van der Waals surface area contributed by atoms with Crippen molar-refractivity contribution in [1.82, 2.24) is 15.8 Å². The molecule has 0 saturated carbocycles. The smallest absolute Gasteiger partial charge is 0.273 e. The van der Waals surface area contributed by atoms with Crippen LogP contribution in [0.5, 0.6) is 0 Å². The van der Waals surface area contributed by atoms with Crippen LogP contribution in [0.1, 0.15) is 26.6 Å². The second-order valence-corrected chi connectivity index (χ2v) is 4.56. The number of carbonyl (C=O) groups is 2. The van der Waals surface area contributed by atoms with E-state index in [0.717, 1.165) is 6.07 Å². The first-order chi connectivity index (χ1) is 10.9. The van der Waals surface area contributed by atoms with E-state index >= 15 is 0 Å². The highest BCUT2D eigenvalue weighted by atomic mass is 19.2. The van der Waals surface area contributed by atoms with Crippen LogP contribution >= 0.6 is 0 Å². The first kappa shape index (κ1) is 16.5. The number of halogens is 3. The monoisotopic (exact) mass is 327 g/mol. The summed E-state index contributed by atoms with van der Waals surface area (Å²) in [6, 6.07) is 2.92. The minimum absolute atomic E-state index is 0.0295. The van der Waals surface area contributed by atoms with Crippen molar-refractivity contribution in [1.29, 1.82) is 0 Å². The third-order valence-corrected chi connectivity index (χ3v) is 2.84. The number of benzene rings is 1. The number of aromatic nitrogens is 1. The Morgan fingerprint density at radius 2 is 1.74 bits per heavy atom. The number of hydrogen-bond acceptors (Lipinski definition) is 4. The number of nitrogens with one attached hydrogen (secondary N) is 2. The van der Waals surface area contributed by atoms with E-state index in [1.807, 2.05) is 0 Å². The van der Waals surface area contributed by atoms with Gasteiger partial charge in [0.2, 0.25) is 0 Å². The summed E-state index contributed by atoms with van der Waals surface area (Å²) < 4.78 is 43.9. The molecule has 23 heavy (non-hydrogen) atoms. The molecule has 0 unspecified atom stereocenters. The molecule has 0 fully saturated rings. The highest BCUT2D eigenvalue weighted by Crippen LogP contribution is 2.14. The Morgan fingerprint density at radius 3 is 2.35 bits per heavy atom. The Morgan fingerprint density at radius 1 is 1.09 bits per heavy atom. The molecule has 0 bridgehead atoms. The van der Waals surface area contributed by atoms with Crippen molar-refractivity contribution in [2.75, 3.05) is 13.1 Å². The summed E-state index contributed by atoms with van der Waals surface area (Å²) in [6.07, 6.45) is 0. The van der Waals surface area contributed by atoms with Crippen LogP contribution in [0, 0.1) is 24.4 Å². The number of aryl methyl sites for hydroxylation is 1. The molecule has 0 saturated heterocycles. The summed E-state index contributed by atoms with van der Waals surface area (Å²) >= 11 is 0. The molecule has 9 heteroatoms. The van der Waals surface area contributed by atoms with Crippen LogP contribution in [-0.2, 0) is 0 Å². The molecule has 1 aromatic heterocycles. The van der Waals surface area contributed by atoms with Crippen molar-refractivity contribution in [3.05, 3.63) is 52.7 Å². The van der Waals surface area contributed by atoms with Crippen molar-refractivity contribution in [2.45, 2.75) is 6.92 Å². The first-order valence-electron chi connectivity index (χ1n) is 6.53. The Hall–Kier alpha value is -2.84. The first-order valence-corrected chi connectivity index (χ1v) is 6.53. The van der Waals surface area contributed by atoms with Crippen molar-refractivity contribution in [3.63, 3.8) is 0 Å². The van der Waals surface area contributed by atoms with Gasteiger partial charge in [-0.05, 0) is 19.1 Å². The standard InChI is InChI=1S/C14H12F3N3O3/c1-7-6-10(20-23-7)14(22)19-5-4-18-13(21)8-2-3-9(15)12(17)11(8)16/h2-3,6H,4-5H2,1H3,(H,18,21)(H,19,22). The Kier molecular flexibility index (Phi) is 4.99. The van der Waals surface area contributed by atoms with Gasteiger partial charge in [-0.15, -0.1) is 0 Å². The predicted molar refractivity (Wildman–Crippen MR) is 72.2 cm³/mol. The minimum atomic E-state index is -1.72. The molecule has 1 heterocycles. The zero-order chi connectivity index (χ0) is 17.0. The molecule has 0 spiro atoms. The summed E-state index contributed by atoms with van der Waals surface area (Å²) in [7, 11) is 0. The summed E-state index contributed by atoms with van der Waals surface area (Å²) in [5.41, 5.74) is -0.539. The Bertz CT molecular complexity index is 746. The largest absolute Gasteiger partial charge is 0.361 e. The highest BCUT2D eigenvalue weighted by Gasteiger charge is 2.18. The average molecular weight is 327 g/mol. The summed E-state index contributed by atoms with van der Waals surface area (Å²) in [5.74, 6) is -5.62. The van der Waals surface area contributed by atoms with Gasteiger partial charge in [-0.25, -0.2) is 13.2 Å². The van der Waals surface area contributed by atoms with Gasteiger partial charge in [0.15, 0.2) is 23.1 Å². The van der Waals surface area contributed by atoms with E-state index in [9.17, 15) is 22.8 Å². The molecule has 0 atom stereocenters. The molecule has 0 radical (unpaired) electrons. The van der Waals surface area contributed by atoms with E-state index in [1.165, 1.54) is 6.07 Å². The van der Waals surface area contributed by atoms with E-state index in [0.29, 0.717) is 11.8 Å². The maximum absolute atomic E-state index is 13.4. The molecule has 6 nitrogen and oxygen atoms in total. The van der Waals surface area contributed by atoms with Crippen LogP contribution in [0.15, 0.2) is 22.7 Å². The lowest BCUT2D eigenvalue weighted by atomic mass is 10.2. The number of hydrogen-bond donors (Lipinski definition) is 2. The van der Waals surface area contributed by atoms with Crippen LogP contribution in [0.3, 0.4) is 0 Å². The van der Waals surface area contributed by atoms with Gasteiger partial charge < -0.3 is 15.2 Å². The molecule has 2 N–H and O–H groups in total. The van der Waals surface area contributed by atoms with Crippen LogP contribution < -0.4 is 10.6 Å². The number of rotatable bonds is 5.